The van der Waals surface area contributed by atoms with Crippen LogP contribution in [-0.2, 0) is 18.2 Å². The number of nitrogen functional groups attached to an aromatic ring is 1. The molecule has 0 atom stereocenters. The highest BCUT2D eigenvalue weighted by Crippen LogP contribution is 2.19. The maximum Gasteiger partial charge on any atom is 0.338 e. The quantitative estimate of drug-likeness (QED) is 0.659. The van der Waals surface area contributed by atoms with Gasteiger partial charge in [0.25, 0.3) is 0 Å². The molecule has 0 radical (unpaired) electrons. The number of hydrogen-bond donors (Lipinski definition) is 1. The van der Waals surface area contributed by atoms with E-state index in [0.29, 0.717) is 30.0 Å². The first kappa shape index (κ1) is 13.9. The van der Waals surface area contributed by atoms with Gasteiger partial charge in [-0.15, -0.1) is 0 Å². The molecule has 1 aromatic carbocycles. The number of methoxy groups -OCH3 is 1. The Bertz CT molecular complexity index is 607. The Balaban J connectivity index is 1.93. The van der Waals surface area contributed by atoms with Crippen molar-refractivity contribution in [3.63, 3.8) is 0 Å². The molecule has 1 heterocycles. The Morgan fingerprint density at radius 2 is 2.20 bits per heavy atom. The average molecular weight is 275 g/mol. The second-order valence-corrected chi connectivity index (χ2v) is 4.40. The molecule has 0 aliphatic heterocycles. The largest absolute Gasteiger partial charge is 0.497 e. The normalized spacial score (nSPS) is 10.3. The van der Waals surface area contributed by atoms with Crippen LogP contribution in [0.5, 0.6) is 5.75 Å². The molecule has 0 spiro atoms. The van der Waals surface area contributed by atoms with Crippen molar-refractivity contribution in [1.82, 2.24) is 9.78 Å². The van der Waals surface area contributed by atoms with E-state index < -0.39 is 5.97 Å². The Kier molecular flexibility index (Phi) is 4.24. The van der Waals surface area contributed by atoms with Gasteiger partial charge in [-0.3, -0.25) is 4.68 Å². The fourth-order valence-electron chi connectivity index (χ4n) is 1.80. The van der Waals surface area contributed by atoms with Gasteiger partial charge in [-0.25, -0.2) is 4.79 Å². The number of aromatic nitrogens is 2. The summed E-state index contributed by atoms with van der Waals surface area (Å²) in [4.78, 5) is 11.9. The van der Waals surface area contributed by atoms with Crippen molar-refractivity contribution in [2.24, 2.45) is 7.05 Å². The lowest BCUT2D eigenvalue weighted by Gasteiger charge is -2.07. The van der Waals surface area contributed by atoms with Crippen LogP contribution in [0.4, 0.5) is 5.69 Å². The fourth-order valence-corrected chi connectivity index (χ4v) is 1.80. The molecular formula is C14H17N3O3. The van der Waals surface area contributed by atoms with Gasteiger partial charge in [0.15, 0.2) is 0 Å². The van der Waals surface area contributed by atoms with Crippen molar-refractivity contribution in [3.05, 3.63) is 41.7 Å². The molecular weight excluding hydrogens is 258 g/mol. The molecule has 2 N–H and O–H groups in total. The lowest BCUT2D eigenvalue weighted by atomic mass is 10.2. The third kappa shape index (κ3) is 3.50. The number of benzene rings is 1. The summed E-state index contributed by atoms with van der Waals surface area (Å²) in [5.74, 6) is 0.115. The van der Waals surface area contributed by atoms with Crippen molar-refractivity contribution < 1.29 is 14.3 Å². The zero-order chi connectivity index (χ0) is 14.5. The van der Waals surface area contributed by atoms with Crippen LogP contribution in [0.1, 0.15) is 15.9 Å². The van der Waals surface area contributed by atoms with Gasteiger partial charge >= 0.3 is 5.97 Å². The van der Waals surface area contributed by atoms with Crippen LogP contribution in [0.15, 0.2) is 30.6 Å². The highest BCUT2D eigenvalue weighted by Gasteiger charge is 2.10. The van der Waals surface area contributed by atoms with E-state index in [9.17, 15) is 4.79 Å². The van der Waals surface area contributed by atoms with E-state index in [2.05, 4.69) is 5.10 Å². The van der Waals surface area contributed by atoms with E-state index in [1.807, 2.05) is 13.2 Å². The number of nitrogens with two attached hydrogens (primary N) is 1. The highest BCUT2D eigenvalue weighted by atomic mass is 16.5. The maximum absolute atomic E-state index is 11.9. The Labute approximate surface area is 117 Å². The van der Waals surface area contributed by atoms with Crippen LogP contribution in [-0.4, -0.2) is 29.5 Å². The monoisotopic (exact) mass is 275 g/mol. The number of hydrogen-bond acceptors (Lipinski definition) is 5. The molecule has 6 heteroatoms. The Morgan fingerprint density at radius 3 is 2.85 bits per heavy atom. The third-order valence-electron chi connectivity index (χ3n) is 2.78. The first-order valence-electron chi connectivity index (χ1n) is 6.17. The predicted molar refractivity (Wildman–Crippen MR) is 74.6 cm³/mol. The lowest BCUT2D eigenvalue weighted by Crippen LogP contribution is -2.08. The number of ether oxygens (including phenoxy) is 2. The molecule has 0 amide bonds. The van der Waals surface area contributed by atoms with Crippen molar-refractivity contribution in [2.45, 2.75) is 6.42 Å². The first-order valence-corrected chi connectivity index (χ1v) is 6.17. The number of carbonyl (C=O) groups excluding carboxylic acids is 1. The van der Waals surface area contributed by atoms with Crippen LogP contribution in [0.3, 0.4) is 0 Å². The zero-order valence-electron chi connectivity index (χ0n) is 11.5. The fraction of sp³-hybridized carbons (Fsp3) is 0.286. The summed E-state index contributed by atoms with van der Waals surface area (Å²) in [7, 11) is 3.36. The van der Waals surface area contributed by atoms with Crippen molar-refractivity contribution >= 4 is 11.7 Å². The second-order valence-electron chi connectivity index (χ2n) is 4.40. The molecule has 106 valence electrons. The molecule has 0 unspecified atom stereocenters. The lowest BCUT2D eigenvalue weighted by molar-refractivity contribution is 0.0509. The van der Waals surface area contributed by atoms with Gasteiger partial charge in [0, 0.05) is 31.4 Å². The van der Waals surface area contributed by atoms with E-state index in [1.165, 1.54) is 7.11 Å². The first-order chi connectivity index (χ1) is 9.58. The van der Waals surface area contributed by atoms with Gasteiger partial charge in [0.1, 0.15) is 5.75 Å². The summed E-state index contributed by atoms with van der Waals surface area (Å²) < 4.78 is 12.0. The minimum Gasteiger partial charge on any atom is -0.497 e. The molecule has 0 aliphatic rings. The van der Waals surface area contributed by atoms with Gasteiger partial charge in [-0.1, -0.05) is 0 Å². The van der Waals surface area contributed by atoms with Gasteiger partial charge in [0.2, 0.25) is 0 Å². The van der Waals surface area contributed by atoms with Gasteiger partial charge in [0.05, 0.1) is 25.5 Å². The number of aryl methyl sites for hydroxylation is 1. The summed E-state index contributed by atoms with van der Waals surface area (Å²) in [6.45, 7) is 0.293. The number of nitrogens with zero attached hydrogens (tertiary/aromatic N) is 2. The standard InChI is InChI=1S/C14H17N3O3/c1-17-9-10(8-16-17)3-4-20-14(18)11-5-12(15)7-13(6-11)19-2/h5-9H,3-4,15H2,1-2H3. The van der Waals surface area contributed by atoms with Gasteiger partial charge in [-0.2, -0.15) is 5.10 Å². The number of rotatable bonds is 5. The third-order valence-corrected chi connectivity index (χ3v) is 2.78. The van der Waals surface area contributed by atoms with Crippen LogP contribution >= 0.6 is 0 Å². The SMILES string of the molecule is COc1cc(N)cc(C(=O)OCCc2cnn(C)c2)c1. The number of esters is 1. The molecule has 1 aromatic heterocycles. The summed E-state index contributed by atoms with van der Waals surface area (Å²) in [5.41, 5.74) is 7.56. The van der Waals surface area contributed by atoms with Crippen LogP contribution in [0.25, 0.3) is 0 Å². The van der Waals surface area contributed by atoms with Crippen LogP contribution in [0, 0.1) is 0 Å². The minimum atomic E-state index is -0.417. The van der Waals surface area contributed by atoms with Crippen LogP contribution < -0.4 is 10.5 Å². The van der Waals surface area contributed by atoms with E-state index in [0.717, 1.165) is 5.56 Å². The molecule has 0 saturated heterocycles. The highest BCUT2D eigenvalue weighted by molar-refractivity contribution is 5.91. The molecule has 2 rings (SSSR count). The molecule has 20 heavy (non-hydrogen) atoms. The predicted octanol–water partition coefficient (Wildman–Crippen LogP) is 1.41. The molecule has 2 aromatic rings. The topological polar surface area (TPSA) is 79.4 Å². The van der Waals surface area contributed by atoms with E-state index in [-0.39, 0.29) is 0 Å². The molecule has 0 bridgehead atoms. The smallest absolute Gasteiger partial charge is 0.338 e. The summed E-state index contributed by atoms with van der Waals surface area (Å²) in [6, 6.07) is 4.81. The summed E-state index contributed by atoms with van der Waals surface area (Å²) in [6.07, 6.45) is 4.26. The maximum atomic E-state index is 11.9. The minimum absolute atomic E-state index is 0.293. The van der Waals surface area contributed by atoms with Crippen molar-refractivity contribution in [3.8, 4) is 5.75 Å². The average Bonchev–Trinajstić information content (AvgIpc) is 2.83. The Hall–Kier alpha value is -2.50. The van der Waals surface area contributed by atoms with Gasteiger partial charge < -0.3 is 15.2 Å². The summed E-state index contributed by atoms with van der Waals surface area (Å²) in [5, 5.41) is 4.05. The second kappa shape index (κ2) is 6.10. The van der Waals surface area contributed by atoms with E-state index >= 15 is 0 Å². The molecule has 0 fully saturated rings. The van der Waals surface area contributed by atoms with Gasteiger partial charge in [-0.05, 0) is 17.7 Å². The van der Waals surface area contributed by atoms with E-state index in [4.69, 9.17) is 15.2 Å². The van der Waals surface area contributed by atoms with Crippen LogP contribution in [0.2, 0.25) is 0 Å². The van der Waals surface area contributed by atoms with Crippen molar-refractivity contribution in [1.29, 1.82) is 0 Å². The molecule has 0 aliphatic carbocycles. The molecule has 0 saturated carbocycles. The number of carbonyl (C=O) groups is 1. The Morgan fingerprint density at radius 1 is 1.40 bits per heavy atom. The summed E-state index contributed by atoms with van der Waals surface area (Å²) >= 11 is 0. The number of anilines is 1. The zero-order valence-corrected chi connectivity index (χ0v) is 11.5. The van der Waals surface area contributed by atoms with Crippen molar-refractivity contribution in [2.75, 3.05) is 19.5 Å². The molecule has 6 nitrogen and oxygen atoms in total. The van der Waals surface area contributed by atoms with E-state index in [1.54, 1.807) is 29.1 Å².